The van der Waals surface area contributed by atoms with Crippen LogP contribution in [0.25, 0.3) is 10.2 Å². The van der Waals surface area contributed by atoms with Crippen LogP contribution in [-0.2, 0) is 17.8 Å². The Morgan fingerprint density at radius 2 is 2.04 bits per heavy atom. The smallest absolute Gasteiger partial charge is 0.222 e. The van der Waals surface area contributed by atoms with Crippen molar-refractivity contribution in [1.29, 1.82) is 0 Å². The summed E-state index contributed by atoms with van der Waals surface area (Å²) in [5.74, 6) is 1.22. The first-order chi connectivity index (χ1) is 13.7. The van der Waals surface area contributed by atoms with Gasteiger partial charge in [-0.2, -0.15) is 0 Å². The maximum absolute atomic E-state index is 12.5. The van der Waals surface area contributed by atoms with E-state index in [0.29, 0.717) is 6.42 Å². The maximum Gasteiger partial charge on any atom is 0.222 e. The SMILES string of the molecule is CCc1cc2c(N3CCN(C(=O)CCCCn4cnnn4)CC3)ncnc2s1. The quantitative estimate of drug-likeness (QED) is 0.558. The standard InChI is InChI=1S/C18H24N8OS/c1-2-14-11-15-17(19-12-20-18(15)28-14)25-9-7-24(8-10-25)16(27)5-3-4-6-26-13-21-22-23-26/h11-13H,2-10H2,1H3. The van der Waals surface area contributed by atoms with Crippen molar-refractivity contribution in [3.8, 4) is 0 Å². The van der Waals surface area contributed by atoms with E-state index in [9.17, 15) is 4.79 Å². The van der Waals surface area contributed by atoms with Gasteiger partial charge in [-0.15, -0.1) is 16.4 Å². The Hall–Kier alpha value is -2.62. The second-order valence-corrected chi connectivity index (χ2v) is 8.00. The number of thiophene rings is 1. The third-order valence-corrected chi connectivity index (χ3v) is 6.25. The predicted molar refractivity (Wildman–Crippen MR) is 107 cm³/mol. The number of hydrogen-bond donors (Lipinski definition) is 0. The maximum atomic E-state index is 12.5. The normalized spacial score (nSPS) is 14.8. The van der Waals surface area contributed by atoms with E-state index in [2.05, 4.69) is 43.4 Å². The summed E-state index contributed by atoms with van der Waals surface area (Å²) in [6.07, 6.45) is 6.58. The van der Waals surface area contributed by atoms with Gasteiger partial charge in [0.05, 0.1) is 5.39 Å². The van der Waals surface area contributed by atoms with Crippen LogP contribution in [0.5, 0.6) is 0 Å². The van der Waals surface area contributed by atoms with E-state index in [4.69, 9.17) is 0 Å². The molecule has 10 heteroatoms. The molecule has 1 saturated heterocycles. The monoisotopic (exact) mass is 400 g/mol. The van der Waals surface area contributed by atoms with Crippen LogP contribution < -0.4 is 4.90 Å². The summed E-state index contributed by atoms with van der Waals surface area (Å²) in [6.45, 7) is 5.99. The summed E-state index contributed by atoms with van der Waals surface area (Å²) in [5, 5.41) is 12.2. The Bertz CT molecular complexity index is 917. The zero-order valence-corrected chi connectivity index (χ0v) is 16.8. The summed E-state index contributed by atoms with van der Waals surface area (Å²) < 4.78 is 1.69. The number of rotatable bonds is 7. The number of carbonyl (C=O) groups is 1. The van der Waals surface area contributed by atoms with Gasteiger partial charge in [-0.05, 0) is 35.8 Å². The molecule has 4 rings (SSSR count). The van der Waals surface area contributed by atoms with Crippen molar-refractivity contribution >= 4 is 33.3 Å². The first kappa shape index (κ1) is 18.7. The molecule has 0 bridgehead atoms. The third kappa shape index (κ3) is 4.11. The fourth-order valence-electron chi connectivity index (χ4n) is 3.48. The molecule has 4 heterocycles. The Balaban J connectivity index is 1.28. The molecule has 28 heavy (non-hydrogen) atoms. The van der Waals surface area contributed by atoms with Crippen molar-refractivity contribution in [2.75, 3.05) is 31.1 Å². The lowest BCUT2D eigenvalue weighted by Crippen LogP contribution is -2.49. The van der Waals surface area contributed by atoms with E-state index in [1.165, 1.54) is 4.88 Å². The van der Waals surface area contributed by atoms with Crippen molar-refractivity contribution < 1.29 is 4.79 Å². The van der Waals surface area contributed by atoms with Gasteiger partial charge in [0.2, 0.25) is 5.91 Å². The molecule has 9 nitrogen and oxygen atoms in total. The van der Waals surface area contributed by atoms with Crippen LogP contribution in [0.15, 0.2) is 18.7 Å². The van der Waals surface area contributed by atoms with Crippen molar-refractivity contribution in [1.82, 2.24) is 35.1 Å². The summed E-state index contributed by atoms with van der Waals surface area (Å²) in [7, 11) is 0. The van der Waals surface area contributed by atoms with Crippen LogP contribution in [0.1, 0.15) is 31.1 Å². The Morgan fingerprint density at radius 3 is 2.79 bits per heavy atom. The number of amides is 1. The minimum absolute atomic E-state index is 0.230. The Kier molecular flexibility index (Phi) is 5.75. The number of nitrogens with zero attached hydrogens (tertiary/aromatic N) is 8. The van der Waals surface area contributed by atoms with E-state index in [1.807, 2.05) is 4.90 Å². The lowest BCUT2D eigenvalue weighted by Gasteiger charge is -2.35. The van der Waals surface area contributed by atoms with Crippen molar-refractivity contribution in [3.05, 3.63) is 23.6 Å². The molecule has 0 radical (unpaired) electrons. The van der Waals surface area contributed by atoms with Crippen LogP contribution in [0.2, 0.25) is 0 Å². The number of carbonyl (C=O) groups excluding carboxylic acids is 1. The van der Waals surface area contributed by atoms with Crippen LogP contribution >= 0.6 is 11.3 Å². The highest BCUT2D eigenvalue weighted by Crippen LogP contribution is 2.31. The number of anilines is 1. The molecular weight excluding hydrogens is 376 g/mol. The molecule has 3 aromatic heterocycles. The molecule has 1 aliphatic rings. The molecule has 0 aromatic carbocycles. The van der Waals surface area contributed by atoms with Crippen LogP contribution in [0, 0.1) is 0 Å². The molecule has 0 atom stereocenters. The number of tetrazole rings is 1. The molecule has 0 aliphatic carbocycles. The van der Waals surface area contributed by atoms with Gasteiger partial charge in [0.25, 0.3) is 0 Å². The van der Waals surface area contributed by atoms with Gasteiger partial charge in [0, 0.05) is 44.0 Å². The van der Waals surface area contributed by atoms with E-state index < -0.39 is 0 Å². The van der Waals surface area contributed by atoms with Crippen LogP contribution in [0.3, 0.4) is 0 Å². The van der Waals surface area contributed by atoms with E-state index >= 15 is 0 Å². The second-order valence-electron chi connectivity index (χ2n) is 6.88. The van der Waals surface area contributed by atoms with Crippen LogP contribution in [0.4, 0.5) is 5.82 Å². The fraction of sp³-hybridized carbons (Fsp3) is 0.556. The number of hydrogen-bond acceptors (Lipinski definition) is 8. The number of fused-ring (bicyclic) bond motifs is 1. The average molecular weight is 401 g/mol. The van der Waals surface area contributed by atoms with Gasteiger partial charge in [-0.25, -0.2) is 14.6 Å². The lowest BCUT2D eigenvalue weighted by molar-refractivity contribution is -0.131. The van der Waals surface area contributed by atoms with Gasteiger partial charge in [-0.1, -0.05) is 6.92 Å². The summed E-state index contributed by atoms with van der Waals surface area (Å²) in [5.41, 5.74) is 0. The largest absolute Gasteiger partial charge is 0.352 e. The van der Waals surface area contributed by atoms with Crippen LogP contribution in [-0.4, -0.2) is 67.2 Å². The van der Waals surface area contributed by atoms with E-state index in [-0.39, 0.29) is 5.91 Å². The van der Waals surface area contributed by atoms with E-state index in [0.717, 1.165) is 68.0 Å². The summed E-state index contributed by atoms with van der Waals surface area (Å²) in [6, 6.07) is 2.21. The molecule has 0 N–H and O–H groups in total. The average Bonchev–Trinajstić information content (AvgIpc) is 3.40. The van der Waals surface area contributed by atoms with E-state index in [1.54, 1.807) is 28.7 Å². The zero-order valence-electron chi connectivity index (χ0n) is 16.0. The highest BCUT2D eigenvalue weighted by Gasteiger charge is 2.23. The summed E-state index contributed by atoms with van der Waals surface area (Å²) in [4.78, 5) is 28.1. The molecule has 0 saturated carbocycles. The number of piperazine rings is 1. The van der Waals surface area contributed by atoms with Gasteiger partial charge in [0.1, 0.15) is 23.3 Å². The summed E-state index contributed by atoms with van der Waals surface area (Å²) >= 11 is 1.73. The van der Waals surface area contributed by atoms with Gasteiger partial charge >= 0.3 is 0 Å². The van der Waals surface area contributed by atoms with Gasteiger partial charge in [-0.3, -0.25) is 4.79 Å². The first-order valence-electron chi connectivity index (χ1n) is 9.71. The lowest BCUT2D eigenvalue weighted by atomic mass is 10.2. The number of aromatic nitrogens is 6. The Morgan fingerprint density at radius 1 is 1.18 bits per heavy atom. The second kappa shape index (κ2) is 8.59. The molecule has 0 unspecified atom stereocenters. The van der Waals surface area contributed by atoms with Crippen molar-refractivity contribution in [2.24, 2.45) is 0 Å². The van der Waals surface area contributed by atoms with Crippen molar-refractivity contribution in [2.45, 2.75) is 39.2 Å². The molecule has 148 valence electrons. The van der Waals surface area contributed by atoms with Gasteiger partial charge in [0.15, 0.2) is 0 Å². The molecular formula is C18H24N8OS. The highest BCUT2D eigenvalue weighted by atomic mass is 32.1. The predicted octanol–water partition coefficient (Wildman–Crippen LogP) is 1.76. The zero-order chi connectivity index (χ0) is 19.3. The van der Waals surface area contributed by atoms with Gasteiger partial charge < -0.3 is 9.80 Å². The molecule has 0 spiro atoms. The number of aryl methyl sites for hydroxylation is 2. The first-order valence-corrected chi connectivity index (χ1v) is 10.5. The third-order valence-electron chi connectivity index (χ3n) is 5.06. The molecule has 1 amide bonds. The molecule has 1 fully saturated rings. The fourth-order valence-corrected chi connectivity index (χ4v) is 4.41. The topological polar surface area (TPSA) is 92.9 Å². The van der Waals surface area contributed by atoms with Crippen molar-refractivity contribution in [3.63, 3.8) is 0 Å². The Labute approximate surface area is 167 Å². The minimum atomic E-state index is 0.230. The molecule has 1 aliphatic heterocycles. The highest BCUT2D eigenvalue weighted by molar-refractivity contribution is 7.18. The number of unbranched alkanes of at least 4 members (excludes halogenated alkanes) is 1. The minimum Gasteiger partial charge on any atom is -0.352 e. The molecule has 3 aromatic rings.